The van der Waals surface area contributed by atoms with Crippen molar-refractivity contribution in [3.8, 4) is 0 Å². The number of hydrogen-bond donors (Lipinski definition) is 2. The van der Waals surface area contributed by atoms with Crippen molar-refractivity contribution >= 4 is 11.8 Å². The van der Waals surface area contributed by atoms with Gasteiger partial charge in [-0.05, 0) is 16.0 Å². The molecular weight excluding hydrogens is 308 g/mol. The summed E-state index contributed by atoms with van der Waals surface area (Å²) in [6.45, 7) is 4.38. The lowest BCUT2D eigenvalue weighted by molar-refractivity contribution is -0.126. The van der Waals surface area contributed by atoms with E-state index in [1.165, 1.54) is 11.0 Å². The Bertz CT molecular complexity index is 642. The summed E-state index contributed by atoms with van der Waals surface area (Å²) in [5.74, 6) is -0.303. The first-order chi connectivity index (χ1) is 11.6. The van der Waals surface area contributed by atoms with Crippen LogP contribution in [0.5, 0.6) is 0 Å². The van der Waals surface area contributed by atoms with E-state index in [0.717, 1.165) is 5.56 Å². The van der Waals surface area contributed by atoms with Crippen molar-refractivity contribution in [2.75, 3.05) is 13.1 Å². The Morgan fingerprint density at radius 3 is 2.33 bits per heavy atom. The van der Waals surface area contributed by atoms with E-state index in [0.29, 0.717) is 19.5 Å². The standard InChI is InChI=1S/C16H22N6O2/c1-12(2)15(23)17-8-9-18-16(24)14(22-11-19-20-21-22)10-13-6-4-3-5-7-13/h3-7,11-12,14H,8-10H2,1-2H3,(H,17,23)(H,18,24)/t14-/m0/s1. The quantitative estimate of drug-likeness (QED) is 0.680. The lowest BCUT2D eigenvalue weighted by atomic mass is 10.1. The molecule has 0 aliphatic rings. The molecule has 24 heavy (non-hydrogen) atoms. The summed E-state index contributed by atoms with van der Waals surface area (Å²) in [5.41, 5.74) is 1.02. The second-order valence-corrected chi connectivity index (χ2v) is 5.73. The first-order valence-corrected chi connectivity index (χ1v) is 7.89. The molecule has 2 amide bonds. The molecular formula is C16H22N6O2. The van der Waals surface area contributed by atoms with Crippen molar-refractivity contribution in [2.24, 2.45) is 5.92 Å². The Morgan fingerprint density at radius 1 is 1.08 bits per heavy atom. The number of aromatic nitrogens is 4. The number of carbonyl (C=O) groups is 2. The van der Waals surface area contributed by atoms with Gasteiger partial charge in [-0.15, -0.1) is 5.10 Å². The number of amides is 2. The highest BCUT2D eigenvalue weighted by Crippen LogP contribution is 2.13. The van der Waals surface area contributed by atoms with Crippen LogP contribution in [0.2, 0.25) is 0 Å². The molecule has 0 unspecified atom stereocenters. The van der Waals surface area contributed by atoms with E-state index in [-0.39, 0.29) is 17.7 Å². The fourth-order valence-corrected chi connectivity index (χ4v) is 2.15. The molecule has 0 saturated heterocycles. The smallest absolute Gasteiger partial charge is 0.245 e. The van der Waals surface area contributed by atoms with Crippen LogP contribution < -0.4 is 10.6 Å². The van der Waals surface area contributed by atoms with Crippen LogP contribution >= 0.6 is 0 Å². The average molecular weight is 330 g/mol. The molecule has 1 heterocycles. The summed E-state index contributed by atoms with van der Waals surface area (Å²) >= 11 is 0. The lowest BCUT2D eigenvalue weighted by Crippen LogP contribution is -2.40. The summed E-state index contributed by atoms with van der Waals surface area (Å²) in [6.07, 6.45) is 1.91. The van der Waals surface area contributed by atoms with Gasteiger partial charge >= 0.3 is 0 Å². The van der Waals surface area contributed by atoms with Crippen LogP contribution in [0.1, 0.15) is 25.5 Å². The minimum atomic E-state index is -0.539. The minimum absolute atomic E-state index is 0.0365. The number of tetrazole rings is 1. The molecule has 1 aromatic carbocycles. The highest BCUT2D eigenvalue weighted by molar-refractivity contribution is 5.80. The Hall–Kier alpha value is -2.77. The zero-order chi connectivity index (χ0) is 17.4. The van der Waals surface area contributed by atoms with Crippen LogP contribution in [-0.4, -0.2) is 45.1 Å². The first-order valence-electron chi connectivity index (χ1n) is 7.89. The van der Waals surface area contributed by atoms with Gasteiger partial charge in [0, 0.05) is 25.4 Å². The molecule has 0 aliphatic carbocycles. The van der Waals surface area contributed by atoms with Gasteiger partial charge in [0.1, 0.15) is 12.4 Å². The molecule has 0 saturated carbocycles. The molecule has 2 aromatic rings. The van der Waals surface area contributed by atoms with Crippen LogP contribution in [0.3, 0.4) is 0 Å². The topological polar surface area (TPSA) is 102 Å². The van der Waals surface area contributed by atoms with E-state index < -0.39 is 6.04 Å². The maximum atomic E-state index is 12.5. The largest absolute Gasteiger partial charge is 0.354 e. The van der Waals surface area contributed by atoms with Crippen molar-refractivity contribution < 1.29 is 9.59 Å². The third-order valence-electron chi connectivity index (χ3n) is 3.51. The molecule has 0 fully saturated rings. The van der Waals surface area contributed by atoms with Gasteiger partial charge in [-0.1, -0.05) is 44.2 Å². The Labute approximate surface area is 140 Å². The molecule has 1 aromatic heterocycles. The van der Waals surface area contributed by atoms with Crippen LogP contribution in [0.25, 0.3) is 0 Å². The van der Waals surface area contributed by atoms with E-state index in [1.54, 1.807) is 0 Å². The fraction of sp³-hybridized carbons (Fsp3) is 0.438. The summed E-state index contributed by atoms with van der Waals surface area (Å²) in [4.78, 5) is 24.0. The number of nitrogens with one attached hydrogen (secondary N) is 2. The van der Waals surface area contributed by atoms with E-state index >= 15 is 0 Å². The third-order valence-corrected chi connectivity index (χ3v) is 3.51. The zero-order valence-electron chi connectivity index (χ0n) is 13.8. The normalized spacial score (nSPS) is 12.0. The predicted octanol–water partition coefficient (Wildman–Crippen LogP) is 0.345. The Balaban J connectivity index is 1.92. The van der Waals surface area contributed by atoms with E-state index in [2.05, 4.69) is 26.2 Å². The van der Waals surface area contributed by atoms with Gasteiger partial charge in [-0.2, -0.15) is 0 Å². The molecule has 2 N–H and O–H groups in total. The molecule has 0 bridgehead atoms. The van der Waals surface area contributed by atoms with Crippen molar-refractivity contribution in [2.45, 2.75) is 26.3 Å². The first kappa shape index (κ1) is 17.6. The summed E-state index contributed by atoms with van der Waals surface area (Å²) < 4.78 is 1.44. The van der Waals surface area contributed by atoms with Crippen molar-refractivity contribution in [1.82, 2.24) is 30.8 Å². The Kier molecular flexibility index (Phi) is 6.41. The van der Waals surface area contributed by atoms with Gasteiger partial charge in [0.15, 0.2) is 0 Å². The van der Waals surface area contributed by atoms with Crippen LogP contribution in [0.15, 0.2) is 36.7 Å². The van der Waals surface area contributed by atoms with Crippen LogP contribution in [0, 0.1) is 5.92 Å². The number of hydrogen-bond acceptors (Lipinski definition) is 5. The highest BCUT2D eigenvalue weighted by atomic mass is 16.2. The number of nitrogens with zero attached hydrogens (tertiary/aromatic N) is 4. The number of rotatable bonds is 8. The number of carbonyl (C=O) groups excluding carboxylic acids is 2. The van der Waals surface area contributed by atoms with Crippen LogP contribution in [0.4, 0.5) is 0 Å². The summed E-state index contributed by atoms with van der Waals surface area (Å²) in [6, 6.07) is 9.13. The third kappa shape index (κ3) is 5.15. The molecule has 0 spiro atoms. The molecule has 0 radical (unpaired) electrons. The number of benzene rings is 1. The van der Waals surface area contributed by atoms with Gasteiger partial charge in [-0.3, -0.25) is 9.59 Å². The van der Waals surface area contributed by atoms with Gasteiger partial charge in [0.2, 0.25) is 11.8 Å². The van der Waals surface area contributed by atoms with Crippen molar-refractivity contribution in [3.05, 3.63) is 42.2 Å². The van der Waals surface area contributed by atoms with E-state index in [9.17, 15) is 9.59 Å². The van der Waals surface area contributed by atoms with Crippen molar-refractivity contribution in [3.63, 3.8) is 0 Å². The monoisotopic (exact) mass is 330 g/mol. The van der Waals surface area contributed by atoms with E-state index in [1.807, 2.05) is 44.2 Å². The highest BCUT2D eigenvalue weighted by Gasteiger charge is 2.22. The maximum Gasteiger partial charge on any atom is 0.245 e. The Morgan fingerprint density at radius 2 is 1.75 bits per heavy atom. The summed E-state index contributed by atoms with van der Waals surface area (Å²) in [7, 11) is 0. The van der Waals surface area contributed by atoms with Crippen molar-refractivity contribution in [1.29, 1.82) is 0 Å². The molecule has 0 aliphatic heterocycles. The SMILES string of the molecule is CC(C)C(=O)NCCNC(=O)[C@H](Cc1ccccc1)n1cnnn1. The molecule has 1 atom stereocenters. The molecule has 8 nitrogen and oxygen atoms in total. The minimum Gasteiger partial charge on any atom is -0.354 e. The second kappa shape index (κ2) is 8.76. The van der Waals surface area contributed by atoms with Gasteiger partial charge in [0.05, 0.1) is 0 Å². The lowest BCUT2D eigenvalue weighted by Gasteiger charge is -2.16. The predicted molar refractivity (Wildman–Crippen MR) is 87.9 cm³/mol. The van der Waals surface area contributed by atoms with E-state index in [4.69, 9.17) is 0 Å². The zero-order valence-corrected chi connectivity index (χ0v) is 13.8. The van der Waals surface area contributed by atoms with Gasteiger partial charge in [-0.25, -0.2) is 4.68 Å². The molecule has 8 heteroatoms. The molecule has 128 valence electrons. The van der Waals surface area contributed by atoms with Crippen LogP contribution in [-0.2, 0) is 16.0 Å². The van der Waals surface area contributed by atoms with Gasteiger partial charge in [0.25, 0.3) is 0 Å². The molecule has 2 rings (SSSR count). The fourth-order valence-electron chi connectivity index (χ4n) is 2.15. The average Bonchev–Trinajstić information content (AvgIpc) is 3.11. The maximum absolute atomic E-state index is 12.5. The summed E-state index contributed by atoms with van der Waals surface area (Å²) in [5, 5.41) is 16.6. The second-order valence-electron chi connectivity index (χ2n) is 5.73. The van der Waals surface area contributed by atoms with Gasteiger partial charge < -0.3 is 10.6 Å².